The number of aromatic nitrogens is 1. The van der Waals surface area contributed by atoms with E-state index in [-0.39, 0.29) is 11.9 Å². The molecule has 1 aromatic heterocycles. The molecular weight excluding hydrogens is 460 g/mol. The normalized spacial score (nSPS) is 23.1. The minimum atomic E-state index is 0.00539. The molecule has 2 aliphatic carbocycles. The number of pyridine rings is 1. The van der Waals surface area contributed by atoms with Gasteiger partial charge in [-0.2, -0.15) is 0 Å². The maximum atomic E-state index is 13.5. The number of amides is 1. The molecule has 0 saturated heterocycles. The summed E-state index contributed by atoms with van der Waals surface area (Å²) in [7, 11) is 0. The molecule has 2 bridgehead atoms. The predicted molar refractivity (Wildman–Crippen MR) is 135 cm³/mol. The molecule has 32 heavy (non-hydrogen) atoms. The summed E-state index contributed by atoms with van der Waals surface area (Å²) in [4.78, 5) is 18.4. The maximum Gasteiger partial charge on any atom is 0.252 e. The Balaban J connectivity index is 1.49. The molecule has 2 saturated carbocycles. The second-order valence-electron chi connectivity index (χ2n) is 10.1. The van der Waals surface area contributed by atoms with E-state index < -0.39 is 0 Å². The van der Waals surface area contributed by atoms with Gasteiger partial charge in [-0.25, -0.2) is 4.98 Å². The average molecular weight is 491 g/mol. The van der Waals surface area contributed by atoms with E-state index in [1.807, 2.05) is 24.3 Å². The van der Waals surface area contributed by atoms with E-state index in [0.29, 0.717) is 17.4 Å². The van der Waals surface area contributed by atoms with Gasteiger partial charge in [-0.05, 0) is 79.7 Å². The molecule has 0 aliphatic heterocycles. The van der Waals surface area contributed by atoms with E-state index in [0.717, 1.165) is 38.5 Å². The molecule has 0 spiro atoms. The summed E-state index contributed by atoms with van der Waals surface area (Å²) in [5.41, 5.74) is 4.73. The zero-order valence-electron chi connectivity index (χ0n) is 19.1. The Bertz CT molecular complexity index is 1150. The van der Waals surface area contributed by atoms with Crippen LogP contribution in [0.5, 0.6) is 0 Å². The highest BCUT2D eigenvalue weighted by molar-refractivity contribution is 9.10. The topological polar surface area (TPSA) is 42.0 Å². The Morgan fingerprint density at radius 2 is 1.81 bits per heavy atom. The number of nitrogens with one attached hydrogen (secondary N) is 1. The Morgan fingerprint density at radius 3 is 2.47 bits per heavy atom. The monoisotopic (exact) mass is 490 g/mol. The van der Waals surface area contributed by atoms with Gasteiger partial charge in [0.2, 0.25) is 0 Å². The number of hydrogen-bond acceptors (Lipinski definition) is 2. The van der Waals surface area contributed by atoms with Crippen molar-refractivity contribution in [2.45, 2.75) is 58.4 Å². The van der Waals surface area contributed by atoms with Crippen molar-refractivity contribution in [3.05, 3.63) is 64.1 Å². The lowest BCUT2D eigenvalue weighted by molar-refractivity contribution is 0.0917. The molecule has 3 aromatic rings. The molecule has 0 radical (unpaired) electrons. The number of carbonyl (C=O) groups excluding carboxylic acids is 1. The highest BCUT2D eigenvalue weighted by Crippen LogP contribution is 2.49. The molecule has 2 aromatic carbocycles. The zero-order chi connectivity index (χ0) is 22.4. The smallest absolute Gasteiger partial charge is 0.252 e. The van der Waals surface area contributed by atoms with Crippen LogP contribution in [0.2, 0.25) is 0 Å². The van der Waals surface area contributed by atoms with Gasteiger partial charge in [0.1, 0.15) is 0 Å². The molecule has 1 N–H and O–H groups in total. The molecular formula is C28H31BrN2O. The summed E-state index contributed by atoms with van der Waals surface area (Å²) in [5, 5.41) is 4.24. The number of rotatable bonds is 5. The van der Waals surface area contributed by atoms with Gasteiger partial charge in [0.15, 0.2) is 0 Å². The van der Waals surface area contributed by atoms with Gasteiger partial charge in [0.05, 0.1) is 16.8 Å². The van der Waals surface area contributed by atoms with E-state index in [9.17, 15) is 4.79 Å². The summed E-state index contributed by atoms with van der Waals surface area (Å²) >= 11 is 3.57. The second-order valence-corrected chi connectivity index (χ2v) is 11.0. The summed E-state index contributed by atoms with van der Waals surface area (Å²) < 4.78 is 0.955. The van der Waals surface area contributed by atoms with Crippen molar-refractivity contribution in [1.29, 1.82) is 0 Å². The number of hydrogen-bond donors (Lipinski definition) is 1. The molecule has 2 fully saturated rings. The number of halogens is 1. The van der Waals surface area contributed by atoms with Crippen LogP contribution in [0.25, 0.3) is 22.2 Å². The largest absolute Gasteiger partial charge is 0.349 e. The molecule has 5 rings (SSSR count). The second kappa shape index (κ2) is 8.62. The van der Waals surface area contributed by atoms with Crippen LogP contribution in [-0.4, -0.2) is 16.9 Å². The van der Waals surface area contributed by atoms with Gasteiger partial charge in [-0.15, -0.1) is 0 Å². The molecule has 4 heteroatoms. The number of carbonyl (C=O) groups is 1. The first-order valence-corrected chi connectivity index (χ1v) is 12.7. The van der Waals surface area contributed by atoms with Crippen LogP contribution < -0.4 is 5.32 Å². The van der Waals surface area contributed by atoms with Crippen molar-refractivity contribution in [2.75, 3.05) is 0 Å². The standard InChI is InChI=1S/C28H31BrN2O/c1-16(2)19-6-8-20(9-7-19)27-15-25(24-14-22(29)10-11-26(24)31-27)28(32)30-17(3)23-13-18-4-5-21(23)12-18/h6-11,14-18,21,23H,4-5,12-13H2,1-3H3,(H,30,32)/t17-,18-,21-,23-/m0/s1. The van der Waals surface area contributed by atoms with E-state index in [1.165, 1.54) is 31.2 Å². The first-order valence-electron chi connectivity index (χ1n) is 11.9. The summed E-state index contributed by atoms with van der Waals surface area (Å²) in [5.74, 6) is 2.77. The first kappa shape index (κ1) is 21.6. The lowest BCUT2D eigenvalue weighted by Crippen LogP contribution is -2.40. The third kappa shape index (κ3) is 4.10. The van der Waals surface area contributed by atoms with Crippen LogP contribution in [0.1, 0.15) is 68.3 Å². The first-order chi connectivity index (χ1) is 15.4. The Kier molecular flexibility index (Phi) is 5.83. The quantitative estimate of drug-likeness (QED) is 0.406. The zero-order valence-corrected chi connectivity index (χ0v) is 20.7. The minimum Gasteiger partial charge on any atom is -0.349 e. The lowest BCUT2D eigenvalue weighted by atomic mass is 9.84. The molecule has 1 heterocycles. The highest BCUT2D eigenvalue weighted by atomic mass is 79.9. The Hall–Kier alpha value is -2.20. The van der Waals surface area contributed by atoms with Crippen molar-refractivity contribution in [3.8, 4) is 11.3 Å². The molecule has 4 atom stereocenters. The molecule has 2 aliphatic rings. The van der Waals surface area contributed by atoms with Crippen molar-refractivity contribution in [1.82, 2.24) is 10.3 Å². The molecule has 1 amide bonds. The third-order valence-corrected chi connectivity index (χ3v) is 8.18. The van der Waals surface area contributed by atoms with Crippen LogP contribution in [0.3, 0.4) is 0 Å². The van der Waals surface area contributed by atoms with Gasteiger partial charge >= 0.3 is 0 Å². The lowest BCUT2D eigenvalue weighted by Gasteiger charge is -2.28. The van der Waals surface area contributed by atoms with Crippen LogP contribution in [-0.2, 0) is 0 Å². The predicted octanol–water partition coefficient (Wildman–Crippen LogP) is 7.34. The minimum absolute atomic E-state index is 0.00539. The van der Waals surface area contributed by atoms with Crippen molar-refractivity contribution >= 4 is 32.7 Å². The summed E-state index contributed by atoms with van der Waals surface area (Å²) in [6, 6.07) is 16.7. The van der Waals surface area contributed by atoms with Gasteiger partial charge in [-0.3, -0.25) is 4.79 Å². The van der Waals surface area contributed by atoms with Gasteiger partial charge in [0, 0.05) is 21.5 Å². The van der Waals surface area contributed by atoms with Crippen molar-refractivity contribution < 1.29 is 4.79 Å². The SMILES string of the molecule is CC(C)c1ccc(-c2cc(C(=O)N[C@@H](C)[C@@H]3C[C@H]4CC[C@H]3C4)c3cc(Br)ccc3n2)cc1. The fourth-order valence-electron chi connectivity index (χ4n) is 5.87. The fourth-order valence-corrected chi connectivity index (χ4v) is 6.23. The number of benzene rings is 2. The highest BCUT2D eigenvalue weighted by Gasteiger charge is 2.42. The Morgan fingerprint density at radius 1 is 1.03 bits per heavy atom. The average Bonchev–Trinajstić information content (AvgIpc) is 3.42. The van der Waals surface area contributed by atoms with Gasteiger partial charge in [0.25, 0.3) is 5.91 Å². The van der Waals surface area contributed by atoms with Crippen molar-refractivity contribution in [2.24, 2.45) is 17.8 Å². The summed E-state index contributed by atoms with van der Waals surface area (Å²) in [6.07, 6.45) is 5.33. The molecule has 0 unspecified atom stereocenters. The number of nitrogens with zero attached hydrogens (tertiary/aromatic N) is 1. The summed E-state index contributed by atoms with van der Waals surface area (Å²) in [6.45, 7) is 6.58. The van der Waals surface area contributed by atoms with E-state index >= 15 is 0 Å². The van der Waals surface area contributed by atoms with E-state index in [1.54, 1.807) is 0 Å². The van der Waals surface area contributed by atoms with Crippen LogP contribution in [0.4, 0.5) is 0 Å². The molecule has 3 nitrogen and oxygen atoms in total. The van der Waals surface area contributed by atoms with Crippen molar-refractivity contribution in [3.63, 3.8) is 0 Å². The maximum absolute atomic E-state index is 13.5. The van der Waals surface area contributed by atoms with Crippen LogP contribution in [0.15, 0.2) is 53.0 Å². The van der Waals surface area contributed by atoms with E-state index in [4.69, 9.17) is 4.98 Å². The van der Waals surface area contributed by atoms with E-state index in [2.05, 4.69) is 66.3 Å². The van der Waals surface area contributed by atoms with Gasteiger partial charge in [-0.1, -0.05) is 60.5 Å². The fraction of sp³-hybridized carbons (Fsp3) is 0.429. The van der Waals surface area contributed by atoms with Crippen LogP contribution >= 0.6 is 15.9 Å². The Labute approximate surface area is 199 Å². The molecule has 166 valence electrons. The third-order valence-electron chi connectivity index (χ3n) is 7.68. The van der Waals surface area contributed by atoms with Gasteiger partial charge < -0.3 is 5.32 Å². The number of fused-ring (bicyclic) bond motifs is 3. The van der Waals surface area contributed by atoms with Crippen LogP contribution in [0, 0.1) is 17.8 Å².